The van der Waals surface area contributed by atoms with E-state index in [4.69, 9.17) is 0 Å². The Hall–Kier alpha value is -2.73. The Morgan fingerprint density at radius 2 is 1.70 bits per heavy atom. The molecule has 0 saturated heterocycles. The highest BCUT2D eigenvalue weighted by atomic mass is 32.1. The lowest BCUT2D eigenvalue weighted by Gasteiger charge is -2.21. The van der Waals surface area contributed by atoms with Gasteiger partial charge in [-0.25, -0.2) is 9.37 Å². The monoisotopic (exact) mass is 383 g/mol. The average molecular weight is 383 g/mol. The van der Waals surface area contributed by atoms with Gasteiger partial charge in [0.2, 0.25) is 0 Å². The lowest BCUT2D eigenvalue weighted by atomic mass is 10.2. The summed E-state index contributed by atoms with van der Waals surface area (Å²) in [7, 11) is 0. The van der Waals surface area contributed by atoms with Crippen LogP contribution < -0.4 is 10.2 Å². The van der Waals surface area contributed by atoms with Gasteiger partial charge in [-0.2, -0.15) is 0 Å². The molecule has 0 unspecified atom stereocenters. The van der Waals surface area contributed by atoms with Gasteiger partial charge in [-0.3, -0.25) is 4.79 Å². The van der Waals surface area contributed by atoms with E-state index in [1.165, 1.54) is 23.5 Å². The molecule has 1 aromatic heterocycles. The van der Waals surface area contributed by atoms with Gasteiger partial charge in [0.25, 0.3) is 5.91 Å². The molecule has 6 heteroatoms. The number of nitrogens with zero attached hydrogens (tertiary/aromatic N) is 2. The molecule has 1 N–H and O–H groups in total. The summed E-state index contributed by atoms with van der Waals surface area (Å²) < 4.78 is 13.1. The van der Waals surface area contributed by atoms with E-state index in [9.17, 15) is 9.18 Å². The summed E-state index contributed by atoms with van der Waals surface area (Å²) in [6.07, 6.45) is 0. The van der Waals surface area contributed by atoms with Crippen LogP contribution in [0.4, 0.5) is 15.8 Å². The van der Waals surface area contributed by atoms with Crippen LogP contribution in [0.25, 0.3) is 10.6 Å². The van der Waals surface area contributed by atoms with Gasteiger partial charge in [-0.05, 0) is 69.3 Å². The third kappa shape index (κ3) is 4.34. The van der Waals surface area contributed by atoms with Crippen molar-refractivity contribution in [2.45, 2.75) is 20.8 Å². The molecule has 0 aliphatic rings. The van der Waals surface area contributed by atoms with Gasteiger partial charge in [-0.1, -0.05) is 0 Å². The molecule has 0 saturated carbocycles. The lowest BCUT2D eigenvalue weighted by Crippen LogP contribution is -2.21. The number of thiazole rings is 1. The predicted octanol–water partition coefficient (Wildman–Crippen LogP) is 5.36. The molecule has 1 amide bonds. The molecule has 140 valence electrons. The Morgan fingerprint density at radius 1 is 1.07 bits per heavy atom. The number of amides is 1. The van der Waals surface area contributed by atoms with Crippen molar-refractivity contribution in [3.8, 4) is 10.6 Å². The smallest absolute Gasteiger partial charge is 0.267 e. The molecule has 0 bridgehead atoms. The molecule has 0 aliphatic heterocycles. The molecule has 0 fully saturated rings. The van der Waals surface area contributed by atoms with Crippen LogP contribution in [0.5, 0.6) is 0 Å². The van der Waals surface area contributed by atoms with E-state index >= 15 is 0 Å². The van der Waals surface area contributed by atoms with Crippen LogP contribution in [0, 0.1) is 12.7 Å². The van der Waals surface area contributed by atoms with Crippen LogP contribution in [0.15, 0.2) is 48.5 Å². The van der Waals surface area contributed by atoms with Crippen molar-refractivity contribution in [2.24, 2.45) is 0 Å². The summed E-state index contributed by atoms with van der Waals surface area (Å²) in [6, 6.07) is 13.9. The second kappa shape index (κ2) is 8.31. The Kier molecular flexibility index (Phi) is 5.86. The number of carbonyl (C=O) groups is 1. The Balaban J connectivity index is 1.75. The number of anilines is 2. The highest BCUT2D eigenvalue weighted by Gasteiger charge is 2.16. The molecule has 3 rings (SSSR count). The summed E-state index contributed by atoms with van der Waals surface area (Å²) in [5.74, 6) is -0.480. The van der Waals surface area contributed by atoms with Crippen molar-refractivity contribution in [1.29, 1.82) is 0 Å². The van der Waals surface area contributed by atoms with E-state index in [1.807, 2.05) is 31.2 Å². The van der Waals surface area contributed by atoms with Crippen LogP contribution in [0.1, 0.15) is 29.2 Å². The van der Waals surface area contributed by atoms with Crippen LogP contribution >= 0.6 is 11.3 Å². The summed E-state index contributed by atoms with van der Waals surface area (Å²) >= 11 is 1.31. The number of nitrogens with one attached hydrogen (secondary N) is 1. The van der Waals surface area contributed by atoms with Gasteiger partial charge in [0, 0.05) is 30.0 Å². The average Bonchev–Trinajstić information content (AvgIpc) is 3.06. The number of carbonyl (C=O) groups excluding carboxylic acids is 1. The third-order valence-electron chi connectivity index (χ3n) is 4.35. The Bertz CT molecular complexity index is 916. The first-order valence-corrected chi connectivity index (χ1v) is 9.73. The van der Waals surface area contributed by atoms with Crippen LogP contribution in [-0.4, -0.2) is 24.0 Å². The minimum absolute atomic E-state index is 0.186. The Labute approximate surface area is 162 Å². The number of aromatic nitrogens is 1. The second-order valence-electron chi connectivity index (χ2n) is 6.11. The normalized spacial score (nSPS) is 10.7. The predicted molar refractivity (Wildman–Crippen MR) is 110 cm³/mol. The molecule has 2 aromatic carbocycles. The maximum Gasteiger partial charge on any atom is 0.267 e. The molecule has 0 atom stereocenters. The van der Waals surface area contributed by atoms with E-state index in [-0.39, 0.29) is 11.7 Å². The lowest BCUT2D eigenvalue weighted by molar-refractivity contribution is 0.103. The van der Waals surface area contributed by atoms with E-state index in [0.717, 1.165) is 30.0 Å². The minimum Gasteiger partial charge on any atom is -0.372 e. The first kappa shape index (κ1) is 19.0. The van der Waals surface area contributed by atoms with E-state index in [2.05, 4.69) is 29.0 Å². The fourth-order valence-corrected chi connectivity index (χ4v) is 3.82. The SMILES string of the molecule is CCN(CC)c1ccc(NC(=O)c2sc(-c3ccc(F)cc3)nc2C)cc1. The van der Waals surface area contributed by atoms with E-state index in [0.29, 0.717) is 15.6 Å². The molecule has 0 spiro atoms. The maximum atomic E-state index is 13.1. The summed E-state index contributed by atoms with van der Waals surface area (Å²) in [5, 5.41) is 3.63. The van der Waals surface area contributed by atoms with Gasteiger partial charge in [0.1, 0.15) is 15.7 Å². The van der Waals surface area contributed by atoms with Gasteiger partial charge >= 0.3 is 0 Å². The molecular weight excluding hydrogens is 361 g/mol. The van der Waals surface area contributed by atoms with E-state index in [1.54, 1.807) is 12.1 Å². The fourth-order valence-electron chi connectivity index (χ4n) is 2.86. The molecule has 0 radical (unpaired) electrons. The largest absolute Gasteiger partial charge is 0.372 e. The molecule has 27 heavy (non-hydrogen) atoms. The van der Waals surface area contributed by atoms with Gasteiger partial charge in [0.05, 0.1) is 5.69 Å². The van der Waals surface area contributed by atoms with Crippen LogP contribution in [-0.2, 0) is 0 Å². The second-order valence-corrected chi connectivity index (χ2v) is 7.11. The van der Waals surface area contributed by atoms with Crippen molar-refractivity contribution >= 4 is 28.6 Å². The fraction of sp³-hybridized carbons (Fsp3) is 0.238. The zero-order valence-corrected chi connectivity index (χ0v) is 16.4. The number of hydrogen-bond acceptors (Lipinski definition) is 4. The Morgan fingerprint density at radius 3 is 2.30 bits per heavy atom. The summed E-state index contributed by atoms with van der Waals surface area (Å²) in [5.41, 5.74) is 3.33. The zero-order valence-electron chi connectivity index (χ0n) is 15.6. The third-order valence-corrected chi connectivity index (χ3v) is 5.55. The highest BCUT2D eigenvalue weighted by Crippen LogP contribution is 2.29. The molecule has 4 nitrogen and oxygen atoms in total. The molecule has 3 aromatic rings. The van der Waals surface area contributed by atoms with Gasteiger partial charge in [0.15, 0.2) is 0 Å². The van der Waals surface area contributed by atoms with Crippen molar-refractivity contribution in [3.63, 3.8) is 0 Å². The van der Waals surface area contributed by atoms with Crippen molar-refractivity contribution in [2.75, 3.05) is 23.3 Å². The molecule has 0 aliphatic carbocycles. The van der Waals surface area contributed by atoms with Gasteiger partial charge < -0.3 is 10.2 Å². The number of hydrogen-bond donors (Lipinski definition) is 1. The topological polar surface area (TPSA) is 45.2 Å². The van der Waals surface area contributed by atoms with Crippen molar-refractivity contribution in [1.82, 2.24) is 4.98 Å². The maximum absolute atomic E-state index is 13.1. The van der Waals surface area contributed by atoms with E-state index < -0.39 is 0 Å². The standard InChI is InChI=1S/C21H22FN3OS/c1-4-25(5-2)18-12-10-17(11-13-18)24-20(26)19-14(3)23-21(27-19)15-6-8-16(22)9-7-15/h6-13H,4-5H2,1-3H3,(H,24,26). The quantitative estimate of drug-likeness (QED) is 0.623. The first-order valence-electron chi connectivity index (χ1n) is 8.91. The van der Waals surface area contributed by atoms with Crippen LogP contribution in [0.3, 0.4) is 0 Å². The van der Waals surface area contributed by atoms with Crippen LogP contribution in [0.2, 0.25) is 0 Å². The minimum atomic E-state index is -0.293. The highest BCUT2D eigenvalue weighted by molar-refractivity contribution is 7.17. The van der Waals surface area contributed by atoms with Gasteiger partial charge in [-0.15, -0.1) is 11.3 Å². The summed E-state index contributed by atoms with van der Waals surface area (Å²) in [4.78, 5) is 19.9. The number of aryl methyl sites for hydroxylation is 1. The summed E-state index contributed by atoms with van der Waals surface area (Å²) in [6.45, 7) is 7.92. The zero-order chi connectivity index (χ0) is 19.4. The molecule has 1 heterocycles. The number of rotatable bonds is 6. The first-order chi connectivity index (χ1) is 13.0. The molecular formula is C21H22FN3OS. The van der Waals surface area contributed by atoms with Crippen molar-refractivity contribution in [3.05, 3.63) is 64.9 Å². The van der Waals surface area contributed by atoms with Crippen molar-refractivity contribution < 1.29 is 9.18 Å². The number of benzene rings is 2. The number of halogens is 1.